The van der Waals surface area contributed by atoms with Crippen molar-refractivity contribution in [3.63, 3.8) is 0 Å². The van der Waals surface area contributed by atoms with Gasteiger partial charge in [-0.15, -0.1) is 0 Å². The molecule has 0 unspecified atom stereocenters. The molecule has 1 rings (SSSR count). The molecule has 1 saturated heterocycles. The molecule has 88 valence electrons. The molecule has 1 amide bonds. The molecule has 1 heterocycles. The van der Waals surface area contributed by atoms with Crippen LogP contribution in [0.25, 0.3) is 0 Å². The predicted molar refractivity (Wildman–Crippen MR) is 65.9 cm³/mol. The first kappa shape index (κ1) is 12.8. The summed E-state index contributed by atoms with van der Waals surface area (Å²) in [4.78, 5) is 11.8. The average Bonchev–Trinajstić information content (AvgIpc) is 2.16. The van der Waals surface area contributed by atoms with Gasteiger partial charge in [0.25, 0.3) is 0 Å². The fourth-order valence-corrected chi connectivity index (χ4v) is 2.63. The highest BCUT2D eigenvalue weighted by molar-refractivity contribution is 7.99. The molecule has 1 fully saturated rings. The number of amides is 1. The summed E-state index contributed by atoms with van der Waals surface area (Å²) in [5.41, 5.74) is 5.73. The van der Waals surface area contributed by atoms with Gasteiger partial charge >= 0.3 is 0 Å². The van der Waals surface area contributed by atoms with Crippen molar-refractivity contribution in [2.45, 2.75) is 45.7 Å². The number of thioether (sulfide) groups is 1. The van der Waals surface area contributed by atoms with E-state index in [0.29, 0.717) is 6.04 Å². The maximum Gasteiger partial charge on any atom is 0.237 e. The Kier molecular flexibility index (Phi) is 4.46. The second kappa shape index (κ2) is 5.21. The molecule has 0 bridgehead atoms. The fourth-order valence-electron chi connectivity index (χ4n) is 1.53. The third kappa shape index (κ3) is 4.03. The molecule has 3 N–H and O–H groups in total. The van der Waals surface area contributed by atoms with Crippen molar-refractivity contribution in [2.24, 2.45) is 11.1 Å². The van der Waals surface area contributed by atoms with E-state index in [1.807, 2.05) is 32.5 Å². The summed E-state index contributed by atoms with van der Waals surface area (Å²) in [5.74, 6) is 2.30. The summed E-state index contributed by atoms with van der Waals surface area (Å²) in [6.45, 7) is 5.98. The molecule has 15 heavy (non-hydrogen) atoms. The van der Waals surface area contributed by atoms with Crippen molar-refractivity contribution < 1.29 is 4.79 Å². The molecule has 1 aliphatic rings. The molecule has 1 aliphatic heterocycles. The highest BCUT2D eigenvalue weighted by Crippen LogP contribution is 2.20. The van der Waals surface area contributed by atoms with Crippen molar-refractivity contribution in [3.05, 3.63) is 0 Å². The van der Waals surface area contributed by atoms with E-state index in [4.69, 9.17) is 5.73 Å². The second-order valence-corrected chi connectivity index (χ2v) is 6.46. The average molecular weight is 230 g/mol. The van der Waals surface area contributed by atoms with E-state index in [9.17, 15) is 4.79 Å². The first-order valence-electron chi connectivity index (χ1n) is 5.55. The number of rotatable bonds is 2. The van der Waals surface area contributed by atoms with Crippen LogP contribution in [0, 0.1) is 5.41 Å². The number of carbonyl (C=O) groups is 1. The number of hydrogen-bond donors (Lipinski definition) is 2. The molecule has 0 aromatic rings. The van der Waals surface area contributed by atoms with Crippen molar-refractivity contribution in [3.8, 4) is 0 Å². The van der Waals surface area contributed by atoms with Crippen LogP contribution in [0.1, 0.15) is 33.6 Å². The van der Waals surface area contributed by atoms with Gasteiger partial charge in [0.2, 0.25) is 5.91 Å². The molecular weight excluding hydrogens is 208 g/mol. The molecule has 3 nitrogen and oxygen atoms in total. The first-order valence-corrected chi connectivity index (χ1v) is 6.70. The van der Waals surface area contributed by atoms with E-state index in [-0.39, 0.29) is 11.3 Å². The Morgan fingerprint density at radius 2 is 1.93 bits per heavy atom. The van der Waals surface area contributed by atoms with Crippen LogP contribution in [0.15, 0.2) is 0 Å². The minimum absolute atomic E-state index is 0.000556. The zero-order valence-corrected chi connectivity index (χ0v) is 10.7. The number of nitrogens with one attached hydrogen (secondary N) is 1. The zero-order valence-electron chi connectivity index (χ0n) is 9.88. The Hall–Kier alpha value is -0.220. The minimum atomic E-state index is -0.410. The second-order valence-electron chi connectivity index (χ2n) is 5.24. The lowest BCUT2D eigenvalue weighted by atomic mass is 9.86. The van der Waals surface area contributed by atoms with E-state index < -0.39 is 6.04 Å². The zero-order chi connectivity index (χ0) is 11.5. The van der Waals surface area contributed by atoms with E-state index in [0.717, 1.165) is 24.3 Å². The van der Waals surface area contributed by atoms with Gasteiger partial charge in [-0.25, -0.2) is 0 Å². The Balaban J connectivity index is 2.40. The Morgan fingerprint density at radius 1 is 1.40 bits per heavy atom. The lowest BCUT2D eigenvalue weighted by Gasteiger charge is -2.29. The molecule has 0 spiro atoms. The van der Waals surface area contributed by atoms with Gasteiger partial charge in [-0.05, 0) is 29.8 Å². The quantitative estimate of drug-likeness (QED) is 0.753. The van der Waals surface area contributed by atoms with Crippen molar-refractivity contribution >= 4 is 17.7 Å². The number of nitrogens with two attached hydrogens (primary N) is 1. The molecular formula is C11H22N2OS. The third-order valence-electron chi connectivity index (χ3n) is 2.78. The van der Waals surface area contributed by atoms with Crippen LogP contribution in [-0.4, -0.2) is 29.5 Å². The van der Waals surface area contributed by atoms with Gasteiger partial charge in [-0.3, -0.25) is 4.79 Å². The third-order valence-corrected chi connectivity index (χ3v) is 3.83. The predicted octanol–water partition coefficient (Wildman–Crippen LogP) is 1.37. The largest absolute Gasteiger partial charge is 0.352 e. The lowest BCUT2D eigenvalue weighted by molar-refractivity contribution is -0.125. The van der Waals surface area contributed by atoms with Gasteiger partial charge in [-0.2, -0.15) is 11.8 Å². The SMILES string of the molecule is CC(C)(C)[C@@H](N)C(=O)NC1CCSCC1. The van der Waals surface area contributed by atoms with E-state index in [2.05, 4.69) is 5.32 Å². The normalized spacial score (nSPS) is 21.1. The molecule has 0 radical (unpaired) electrons. The van der Waals surface area contributed by atoms with Crippen LogP contribution < -0.4 is 11.1 Å². The smallest absolute Gasteiger partial charge is 0.237 e. The number of hydrogen-bond acceptors (Lipinski definition) is 3. The minimum Gasteiger partial charge on any atom is -0.352 e. The van der Waals surface area contributed by atoms with Crippen LogP contribution in [0.5, 0.6) is 0 Å². The summed E-state index contributed by atoms with van der Waals surface area (Å²) in [5, 5.41) is 3.05. The summed E-state index contributed by atoms with van der Waals surface area (Å²) >= 11 is 1.96. The van der Waals surface area contributed by atoms with Gasteiger partial charge < -0.3 is 11.1 Å². The van der Waals surface area contributed by atoms with Gasteiger partial charge in [0, 0.05) is 6.04 Å². The van der Waals surface area contributed by atoms with Crippen molar-refractivity contribution in [2.75, 3.05) is 11.5 Å². The highest BCUT2D eigenvalue weighted by atomic mass is 32.2. The monoisotopic (exact) mass is 230 g/mol. The summed E-state index contributed by atoms with van der Waals surface area (Å²) in [6.07, 6.45) is 2.15. The van der Waals surface area contributed by atoms with Crippen molar-refractivity contribution in [1.82, 2.24) is 5.32 Å². The maximum atomic E-state index is 11.8. The van der Waals surface area contributed by atoms with Crippen LogP contribution in [0.3, 0.4) is 0 Å². The standard InChI is InChI=1S/C11H22N2OS/c1-11(2,3)9(12)10(14)13-8-4-6-15-7-5-8/h8-9H,4-7,12H2,1-3H3,(H,13,14)/t9-/m0/s1. The molecule has 0 saturated carbocycles. The molecule has 0 aliphatic carbocycles. The van der Waals surface area contributed by atoms with Crippen molar-refractivity contribution in [1.29, 1.82) is 0 Å². The van der Waals surface area contributed by atoms with Crippen LogP contribution in [0.2, 0.25) is 0 Å². The lowest BCUT2D eigenvalue weighted by Crippen LogP contribution is -2.51. The van der Waals surface area contributed by atoms with E-state index in [1.54, 1.807) is 0 Å². The summed E-state index contributed by atoms with van der Waals surface area (Å²) in [7, 11) is 0. The molecule has 0 aromatic heterocycles. The topological polar surface area (TPSA) is 55.1 Å². The molecule has 1 atom stereocenters. The highest BCUT2D eigenvalue weighted by Gasteiger charge is 2.29. The van der Waals surface area contributed by atoms with Crippen LogP contribution in [0.4, 0.5) is 0 Å². The van der Waals surface area contributed by atoms with Gasteiger partial charge in [0.05, 0.1) is 6.04 Å². The Labute approximate surface area is 96.6 Å². The fraction of sp³-hybridized carbons (Fsp3) is 0.909. The summed E-state index contributed by atoms with van der Waals surface area (Å²) < 4.78 is 0. The molecule has 4 heteroatoms. The van der Waals surface area contributed by atoms with Gasteiger partial charge in [0.1, 0.15) is 0 Å². The first-order chi connectivity index (χ1) is 6.91. The van der Waals surface area contributed by atoms with Gasteiger partial charge in [0.15, 0.2) is 0 Å². The van der Waals surface area contributed by atoms with Crippen LogP contribution >= 0.6 is 11.8 Å². The van der Waals surface area contributed by atoms with E-state index >= 15 is 0 Å². The molecule has 0 aromatic carbocycles. The number of carbonyl (C=O) groups excluding carboxylic acids is 1. The Bertz CT molecular complexity index is 219. The van der Waals surface area contributed by atoms with Gasteiger partial charge in [-0.1, -0.05) is 20.8 Å². The maximum absolute atomic E-state index is 11.8. The van der Waals surface area contributed by atoms with E-state index in [1.165, 1.54) is 0 Å². The van der Waals surface area contributed by atoms with Crippen LogP contribution in [-0.2, 0) is 4.79 Å². The summed E-state index contributed by atoms with van der Waals surface area (Å²) in [6, 6.07) is -0.0702. The Morgan fingerprint density at radius 3 is 2.40 bits per heavy atom.